The van der Waals surface area contributed by atoms with Crippen LogP contribution < -0.4 is 5.43 Å². The Labute approximate surface area is 154 Å². The predicted molar refractivity (Wildman–Crippen MR) is 103 cm³/mol. The summed E-state index contributed by atoms with van der Waals surface area (Å²) in [6, 6.07) is 15.4. The molecular formula is C19H17BrN4O. The Balaban J connectivity index is 1.68. The number of aromatic amines is 1. The van der Waals surface area contributed by atoms with Crippen molar-refractivity contribution in [2.75, 3.05) is 0 Å². The van der Waals surface area contributed by atoms with Crippen molar-refractivity contribution in [1.29, 1.82) is 0 Å². The van der Waals surface area contributed by atoms with Crippen LogP contribution in [0.5, 0.6) is 0 Å². The molecule has 126 valence electrons. The van der Waals surface area contributed by atoms with Crippen LogP contribution in [0.1, 0.15) is 27.2 Å². The molecular weight excluding hydrogens is 380 g/mol. The van der Waals surface area contributed by atoms with Gasteiger partial charge in [-0.2, -0.15) is 10.2 Å². The van der Waals surface area contributed by atoms with Crippen molar-refractivity contribution in [2.45, 2.75) is 13.8 Å². The third kappa shape index (κ3) is 4.22. The highest BCUT2D eigenvalue weighted by molar-refractivity contribution is 9.10. The number of nitrogens with zero attached hydrogens (tertiary/aromatic N) is 2. The average molecular weight is 397 g/mol. The number of hydrazone groups is 1. The molecule has 6 heteroatoms. The van der Waals surface area contributed by atoms with Crippen molar-refractivity contribution in [1.82, 2.24) is 15.6 Å². The Bertz CT molecular complexity index is 929. The van der Waals surface area contributed by atoms with E-state index in [9.17, 15) is 4.79 Å². The highest BCUT2D eigenvalue weighted by Gasteiger charge is 2.10. The maximum absolute atomic E-state index is 12.2. The molecule has 2 aromatic carbocycles. The Morgan fingerprint density at radius 2 is 1.88 bits per heavy atom. The molecule has 0 atom stereocenters. The molecule has 3 aromatic rings. The molecule has 1 amide bonds. The Hall–Kier alpha value is -2.73. The fraction of sp³-hybridized carbons (Fsp3) is 0.105. The lowest BCUT2D eigenvalue weighted by atomic mass is 10.0. The molecule has 0 aliphatic carbocycles. The van der Waals surface area contributed by atoms with Gasteiger partial charge in [-0.25, -0.2) is 5.43 Å². The van der Waals surface area contributed by atoms with Gasteiger partial charge in [-0.05, 0) is 54.8 Å². The van der Waals surface area contributed by atoms with E-state index >= 15 is 0 Å². The molecule has 0 radical (unpaired) electrons. The highest BCUT2D eigenvalue weighted by Crippen LogP contribution is 2.20. The zero-order valence-corrected chi connectivity index (χ0v) is 15.5. The average Bonchev–Trinajstić information content (AvgIpc) is 3.09. The van der Waals surface area contributed by atoms with E-state index in [1.54, 1.807) is 12.3 Å². The van der Waals surface area contributed by atoms with E-state index in [1.165, 1.54) is 11.1 Å². The lowest BCUT2D eigenvalue weighted by molar-refractivity contribution is 0.0950. The van der Waals surface area contributed by atoms with Gasteiger partial charge in [0.05, 0.1) is 11.9 Å². The van der Waals surface area contributed by atoms with Gasteiger partial charge in [0.25, 0.3) is 5.91 Å². The van der Waals surface area contributed by atoms with Gasteiger partial charge in [0.15, 0.2) is 0 Å². The van der Waals surface area contributed by atoms with Crippen LogP contribution in [-0.2, 0) is 0 Å². The van der Waals surface area contributed by atoms with Gasteiger partial charge in [-0.3, -0.25) is 9.89 Å². The van der Waals surface area contributed by atoms with Gasteiger partial charge < -0.3 is 0 Å². The molecule has 1 aromatic heterocycles. The summed E-state index contributed by atoms with van der Waals surface area (Å²) < 4.78 is 0.991. The van der Waals surface area contributed by atoms with Crippen LogP contribution in [0.4, 0.5) is 0 Å². The first-order valence-corrected chi connectivity index (χ1v) is 8.54. The minimum atomic E-state index is -0.337. The standard InChI is InChI=1S/C19H17BrN4O/c1-12-3-6-15(9-13(12)2)17-10-18(23-22-17)19(25)24-21-11-14-4-7-16(20)8-5-14/h3-11H,1-2H3,(H,22,23)(H,24,25)/b21-11-. The van der Waals surface area contributed by atoms with E-state index in [0.717, 1.165) is 21.3 Å². The Kier molecular flexibility index (Phi) is 5.09. The first-order chi connectivity index (χ1) is 12.0. The number of benzene rings is 2. The molecule has 0 aliphatic heterocycles. The summed E-state index contributed by atoms with van der Waals surface area (Å²) in [5.74, 6) is -0.337. The molecule has 1 heterocycles. The topological polar surface area (TPSA) is 70.1 Å². The van der Waals surface area contributed by atoms with Crippen LogP contribution >= 0.6 is 15.9 Å². The first kappa shape index (κ1) is 17.1. The van der Waals surface area contributed by atoms with E-state index in [-0.39, 0.29) is 5.91 Å². The van der Waals surface area contributed by atoms with E-state index in [0.29, 0.717) is 5.69 Å². The van der Waals surface area contributed by atoms with Crippen molar-refractivity contribution >= 4 is 28.1 Å². The highest BCUT2D eigenvalue weighted by atomic mass is 79.9. The maximum atomic E-state index is 12.2. The quantitative estimate of drug-likeness (QED) is 0.511. The number of halogens is 1. The Morgan fingerprint density at radius 3 is 2.60 bits per heavy atom. The second-order valence-electron chi connectivity index (χ2n) is 5.72. The van der Waals surface area contributed by atoms with Gasteiger partial charge in [-0.1, -0.05) is 40.2 Å². The van der Waals surface area contributed by atoms with Crippen molar-refractivity contribution < 1.29 is 4.79 Å². The molecule has 5 nitrogen and oxygen atoms in total. The van der Waals surface area contributed by atoms with E-state index in [2.05, 4.69) is 56.6 Å². The molecule has 0 unspecified atom stereocenters. The van der Waals surface area contributed by atoms with Crippen LogP contribution in [0.3, 0.4) is 0 Å². The lowest BCUT2D eigenvalue weighted by Gasteiger charge is -2.01. The first-order valence-electron chi connectivity index (χ1n) is 7.75. The van der Waals surface area contributed by atoms with Crippen LogP contribution in [0.25, 0.3) is 11.3 Å². The smallest absolute Gasteiger partial charge is 0.272 e. The summed E-state index contributed by atoms with van der Waals surface area (Å²) in [7, 11) is 0. The summed E-state index contributed by atoms with van der Waals surface area (Å²) in [6.07, 6.45) is 1.59. The van der Waals surface area contributed by atoms with Gasteiger partial charge in [-0.15, -0.1) is 0 Å². The fourth-order valence-electron chi connectivity index (χ4n) is 2.26. The number of amides is 1. The zero-order valence-electron chi connectivity index (χ0n) is 13.9. The van der Waals surface area contributed by atoms with Gasteiger partial charge in [0.2, 0.25) is 0 Å². The van der Waals surface area contributed by atoms with Gasteiger partial charge in [0, 0.05) is 10.0 Å². The molecule has 0 aliphatic rings. The minimum absolute atomic E-state index is 0.337. The van der Waals surface area contributed by atoms with Gasteiger partial charge >= 0.3 is 0 Å². The number of hydrogen-bond acceptors (Lipinski definition) is 3. The molecule has 0 fully saturated rings. The normalized spacial score (nSPS) is 11.0. The second kappa shape index (κ2) is 7.44. The number of carbonyl (C=O) groups excluding carboxylic acids is 1. The molecule has 0 bridgehead atoms. The monoisotopic (exact) mass is 396 g/mol. The van der Waals surface area contributed by atoms with Crippen LogP contribution in [-0.4, -0.2) is 22.3 Å². The summed E-state index contributed by atoms with van der Waals surface area (Å²) in [4.78, 5) is 12.2. The van der Waals surface area contributed by atoms with E-state index < -0.39 is 0 Å². The summed E-state index contributed by atoms with van der Waals surface area (Å²) in [6.45, 7) is 4.11. The van der Waals surface area contributed by atoms with Crippen molar-refractivity contribution in [3.63, 3.8) is 0 Å². The summed E-state index contributed by atoms with van der Waals surface area (Å²) in [5, 5.41) is 10.9. The Morgan fingerprint density at radius 1 is 1.12 bits per heavy atom. The van der Waals surface area contributed by atoms with Crippen molar-refractivity contribution in [3.8, 4) is 11.3 Å². The number of H-pyrrole nitrogens is 1. The zero-order chi connectivity index (χ0) is 17.8. The molecule has 2 N–H and O–H groups in total. The van der Waals surface area contributed by atoms with E-state index in [1.807, 2.05) is 36.4 Å². The molecule has 25 heavy (non-hydrogen) atoms. The third-order valence-corrected chi connectivity index (χ3v) is 4.40. The van der Waals surface area contributed by atoms with Gasteiger partial charge in [0.1, 0.15) is 5.69 Å². The molecule has 0 spiro atoms. The number of hydrogen-bond donors (Lipinski definition) is 2. The van der Waals surface area contributed by atoms with Crippen LogP contribution in [0.15, 0.2) is 58.1 Å². The molecule has 3 rings (SSSR count). The van der Waals surface area contributed by atoms with Crippen molar-refractivity contribution in [2.24, 2.45) is 5.10 Å². The third-order valence-electron chi connectivity index (χ3n) is 3.87. The van der Waals surface area contributed by atoms with Crippen LogP contribution in [0, 0.1) is 13.8 Å². The number of nitrogens with one attached hydrogen (secondary N) is 2. The predicted octanol–water partition coefficient (Wildman–Crippen LogP) is 4.22. The number of rotatable bonds is 4. The number of carbonyl (C=O) groups is 1. The summed E-state index contributed by atoms with van der Waals surface area (Å²) in [5.41, 5.74) is 7.85. The number of aryl methyl sites for hydroxylation is 2. The summed E-state index contributed by atoms with van der Waals surface area (Å²) >= 11 is 3.37. The maximum Gasteiger partial charge on any atom is 0.289 e. The van der Waals surface area contributed by atoms with Crippen molar-refractivity contribution in [3.05, 3.63) is 75.4 Å². The fourth-order valence-corrected chi connectivity index (χ4v) is 2.53. The number of aromatic nitrogens is 2. The minimum Gasteiger partial charge on any atom is -0.272 e. The molecule has 0 saturated heterocycles. The second-order valence-corrected chi connectivity index (χ2v) is 6.63. The SMILES string of the molecule is Cc1ccc(-c2cc(C(=O)N/N=C\c3ccc(Br)cc3)[nH]n2)cc1C. The lowest BCUT2D eigenvalue weighted by Crippen LogP contribution is -2.17. The molecule has 0 saturated carbocycles. The van der Waals surface area contributed by atoms with Crippen LogP contribution in [0.2, 0.25) is 0 Å². The largest absolute Gasteiger partial charge is 0.289 e. The van der Waals surface area contributed by atoms with E-state index in [4.69, 9.17) is 0 Å².